The van der Waals surface area contributed by atoms with Crippen LogP contribution >= 0.6 is 0 Å². The molecule has 0 saturated heterocycles. The van der Waals surface area contributed by atoms with Crippen molar-refractivity contribution in [3.8, 4) is 11.5 Å². The summed E-state index contributed by atoms with van der Waals surface area (Å²) in [5.41, 5.74) is 1.77. The summed E-state index contributed by atoms with van der Waals surface area (Å²) < 4.78 is 89.2. The van der Waals surface area contributed by atoms with Gasteiger partial charge in [-0.3, -0.25) is 14.4 Å². The standard InChI is InChI=1S/C33H34F6N2O6/c1-4-6-26(21-7-9-23(10-8-21)30(43)40-18-17-28(42)45-5-2)29(22-11-13-24(14-12-22)46-32(34,35)36)31(44)41-27-16-15-25(19-20(27)3)47-33(37,38)39/h7-16,19,26,29H,4-6,17-18H2,1-3H3,(H,40,43)(H,41,44)/t26-,29+/m0/s1. The van der Waals surface area contributed by atoms with Crippen molar-refractivity contribution in [1.29, 1.82) is 0 Å². The topological polar surface area (TPSA) is 103 Å². The van der Waals surface area contributed by atoms with E-state index in [1.54, 1.807) is 31.2 Å². The first kappa shape index (κ1) is 36.7. The van der Waals surface area contributed by atoms with Gasteiger partial charge in [-0.15, -0.1) is 26.3 Å². The largest absolute Gasteiger partial charge is 0.573 e. The number of benzene rings is 3. The molecule has 0 bridgehead atoms. The van der Waals surface area contributed by atoms with Crippen molar-refractivity contribution in [3.63, 3.8) is 0 Å². The number of aryl methyl sites for hydroxylation is 1. The third kappa shape index (κ3) is 11.5. The van der Waals surface area contributed by atoms with E-state index in [1.807, 2.05) is 6.92 Å². The Bertz CT molecular complexity index is 1510. The molecule has 0 heterocycles. The van der Waals surface area contributed by atoms with E-state index in [9.17, 15) is 40.7 Å². The summed E-state index contributed by atoms with van der Waals surface area (Å²) in [6.07, 6.45) is -8.78. The van der Waals surface area contributed by atoms with Gasteiger partial charge in [0.2, 0.25) is 5.91 Å². The molecule has 0 aliphatic rings. The van der Waals surface area contributed by atoms with Crippen LogP contribution in [-0.4, -0.2) is 43.7 Å². The highest BCUT2D eigenvalue weighted by molar-refractivity contribution is 5.97. The molecule has 2 atom stereocenters. The normalized spacial score (nSPS) is 12.9. The second-order valence-electron chi connectivity index (χ2n) is 10.4. The number of carbonyl (C=O) groups is 3. The van der Waals surface area contributed by atoms with Gasteiger partial charge >= 0.3 is 18.7 Å². The Morgan fingerprint density at radius 3 is 1.91 bits per heavy atom. The molecule has 47 heavy (non-hydrogen) atoms. The summed E-state index contributed by atoms with van der Waals surface area (Å²) in [6.45, 7) is 5.33. The number of rotatable bonds is 14. The second-order valence-corrected chi connectivity index (χ2v) is 10.4. The van der Waals surface area contributed by atoms with Crippen LogP contribution in [0.4, 0.5) is 32.0 Å². The number of halogens is 6. The molecule has 8 nitrogen and oxygen atoms in total. The summed E-state index contributed by atoms with van der Waals surface area (Å²) in [5.74, 6) is -3.93. The molecule has 0 saturated carbocycles. The van der Waals surface area contributed by atoms with Crippen molar-refractivity contribution in [1.82, 2.24) is 5.32 Å². The fourth-order valence-electron chi connectivity index (χ4n) is 4.96. The van der Waals surface area contributed by atoms with Crippen LogP contribution in [-0.2, 0) is 14.3 Å². The van der Waals surface area contributed by atoms with E-state index in [0.717, 1.165) is 24.3 Å². The van der Waals surface area contributed by atoms with E-state index >= 15 is 0 Å². The Morgan fingerprint density at radius 1 is 0.787 bits per heavy atom. The van der Waals surface area contributed by atoms with Gasteiger partial charge in [0.1, 0.15) is 11.5 Å². The van der Waals surface area contributed by atoms with Gasteiger partial charge in [0.05, 0.1) is 18.9 Å². The van der Waals surface area contributed by atoms with Crippen LogP contribution in [0.2, 0.25) is 0 Å². The summed E-state index contributed by atoms with van der Waals surface area (Å²) in [5, 5.41) is 5.37. The average molecular weight is 669 g/mol. The molecule has 0 spiro atoms. The first-order valence-electron chi connectivity index (χ1n) is 14.7. The lowest BCUT2D eigenvalue weighted by molar-refractivity contribution is -0.275. The van der Waals surface area contributed by atoms with Crippen LogP contribution in [0.15, 0.2) is 66.7 Å². The highest BCUT2D eigenvalue weighted by Crippen LogP contribution is 2.39. The molecule has 14 heteroatoms. The minimum atomic E-state index is -4.92. The predicted octanol–water partition coefficient (Wildman–Crippen LogP) is 7.78. The zero-order valence-electron chi connectivity index (χ0n) is 25.8. The third-order valence-corrected chi connectivity index (χ3v) is 6.97. The summed E-state index contributed by atoms with van der Waals surface area (Å²) in [4.78, 5) is 38.1. The van der Waals surface area contributed by atoms with E-state index < -0.39 is 53.8 Å². The number of hydrogen-bond donors (Lipinski definition) is 2. The van der Waals surface area contributed by atoms with Crippen molar-refractivity contribution in [2.24, 2.45) is 0 Å². The average Bonchev–Trinajstić information content (AvgIpc) is 2.98. The minimum Gasteiger partial charge on any atom is -0.466 e. The van der Waals surface area contributed by atoms with Crippen LogP contribution in [0.25, 0.3) is 0 Å². The predicted molar refractivity (Wildman–Crippen MR) is 160 cm³/mol. The molecule has 2 amide bonds. The van der Waals surface area contributed by atoms with Crippen LogP contribution < -0.4 is 20.1 Å². The lowest BCUT2D eigenvalue weighted by Crippen LogP contribution is -2.28. The lowest BCUT2D eigenvalue weighted by atomic mass is 9.78. The minimum absolute atomic E-state index is 0.00260. The molecule has 0 fully saturated rings. The van der Waals surface area contributed by atoms with Gasteiger partial charge in [-0.25, -0.2) is 0 Å². The first-order chi connectivity index (χ1) is 22.1. The maximum absolute atomic E-state index is 13.9. The Labute approximate surface area is 267 Å². The molecule has 3 aromatic carbocycles. The zero-order chi connectivity index (χ0) is 34.8. The fraction of sp³-hybridized carbons (Fsp3) is 0.364. The zero-order valence-corrected chi connectivity index (χ0v) is 25.8. The number of ether oxygens (including phenoxy) is 3. The Kier molecular flexibility index (Phi) is 12.6. The van der Waals surface area contributed by atoms with Crippen LogP contribution in [0.1, 0.15) is 72.0 Å². The van der Waals surface area contributed by atoms with Crippen molar-refractivity contribution in [2.45, 2.75) is 64.6 Å². The number of esters is 1. The van der Waals surface area contributed by atoms with Gasteiger partial charge in [0.15, 0.2) is 0 Å². The molecule has 3 aromatic rings. The fourth-order valence-corrected chi connectivity index (χ4v) is 4.96. The first-order valence-corrected chi connectivity index (χ1v) is 14.7. The van der Waals surface area contributed by atoms with Crippen molar-refractivity contribution >= 4 is 23.5 Å². The maximum Gasteiger partial charge on any atom is 0.573 e. The highest BCUT2D eigenvalue weighted by atomic mass is 19.4. The number of amides is 2. The smallest absolute Gasteiger partial charge is 0.466 e. The third-order valence-electron chi connectivity index (χ3n) is 6.97. The Morgan fingerprint density at radius 2 is 1.36 bits per heavy atom. The summed E-state index contributed by atoms with van der Waals surface area (Å²) in [7, 11) is 0. The Balaban J connectivity index is 1.93. The molecule has 0 unspecified atom stereocenters. The van der Waals surface area contributed by atoms with Gasteiger partial charge in [-0.1, -0.05) is 37.6 Å². The van der Waals surface area contributed by atoms with E-state index in [1.165, 1.54) is 25.1 Å². The molecular weight excluding hydrogens is 634 g/mol. The van der Waals surface area contributed by atoms with Crippen LogP contribution in [0, 0.1) is 6.92 Å². The van der Waals surface area contributed by atoms with E-state index in [2.05, 4.69) is 20.1 Å². The van der Waals surface area contributed by atoms with Crippen LogP contribution in [0.3, 0.4) is 0 Å². The summed E-state index contributed by atoms with van der Waals surface area (Å²) >= 11 is 0. The molecule has 254 valence electrons. The second kappa shape index (κ2) is 16.2. The molecule has 0 aromatic heterocycles. The number of nitrogens with one attached hydrogen (secondary N) is 2. The van der Waals surface area contributed by atoms with Crippen molar-refractivity contribution in [2.75, 3.05) is 18.5 Å². The van der Waals surface area contributed by atoms with E-state index in [-0.39, 0.29) is 30.8 Å². The Hall–Kier alpha value is -4.75. The van der Waals surface area contributed by atoms with Gasteiger partial charge < -0.3 is 24.8 Å². The monoisotopic (exact) mass is 668 g/mol. The molecule has 3 rings (SSSR count). The molecule has 2 N–H and O–H groups in total. The van der Waals surface area contributed by atoms with Crippen molar-refractivity contribution in [3.05, 3.63) is 89.0 Å². The lowest BCUT2D eigenvalue weighted by Gasteiger charge is -2.28. The molecule has 0 aliphatic carbocycles. The number of alkyl halides is 6. The molecule has 0 aliphatic heterocycles. The number of anilines is 1. The molecule has 0 radical (unpaired) electrons. The quantitative estimate of drug-likeness (QED) is 0.134. The summed E-state index contributed by atoms with van der Waals surface area (Å²) in [6, 6.07) is 14.7. The molecular formula is C33H34F6N2O6. The van der Waals surface area contributed by atoms with E-state index in [4.69, 9.17) is 4.74 Å². The van der Waals surface area contributed by atoms with Crippen LogP contribution in [0.5, 0.6) is 11.5 Å². The number of hydrogen-bond acceptors (Lipinski definition) is 6. The highest BCUT2D eigenvalue weighted by Gasteiger charge is 2.34. The SMILES string of the molecule is CCC[C@@H](c1ccc(C(=O)NCCC(=O)OCC)cc1)[C@H](C(=O)Nc1ccc(OC(F)(F)F)cc1C)c1ccc(OC(F)(F)F)cc1. The number of carbonyl (C=O) groups excluding carboxylic acids is 3. The van der Waals surface area contributed by atoms with E-state index in [0.29, 0.717) is 29.5 Å². The van der Waals surface area contributed by atoms with Gasteiger partial charge in [0, 0.05) is 17.8 Å². The maximum atomic E-state index is 13.9. The van der Waals surface area contributed by atoms with Gasteiger partial charge in [0.25, 0.3) is 5.91 Å². The van der Waals surface area contributed by atoms with Crippen molar-refractivity contribution < 1.29 is 54.9 Å². The van der Waals surface area contributed by atoms with Gasteiger partial charge in [-0.05, 0) is 85.3 Å². The van der Waals surface area contributed by atoms with Gasteiger partial charge in [-0.2, -0.15) is 0 Å².